The number of amides is 1. The van der Waals surface area contributed by atoms with Gasteiger partial charge < -0.3 is 24.9 Å². The van der Waals surface area contributed by atoms with Crippen LogP contribution in [0.3, 0.4) is 0 Å². The number of phosphoric acid groups is 1. The maximum Gasteiger partial charge on any atom is 0.524 e. The number of hydrogen-bond acceptors (Lipinski definition) is 7. The lowest BCUT2D eigenvalue weighted by Crippen LogP contribution is -2.26. The Labute approximate surface area is 259 Å². The fraction of sp³-hybridized carbons (Fsp3) is 0.433. The zero-order valence-electron chi connectivity index (χ0n) is 24.5. The van der Waals surface area contributed by atoms with Crippen molar-refractivity contribution in [3.8, 4) is 5.75 Å². The molecule has 0 radical (unpaired) electrons. The van der Waals surface area contributed by atoms with Gasteiger partial charge in [0, 0.05) is 38.1 Å². The van der Waals surface area contributed by atoms with Crippen molar-refractivity contribution >= 4 is 57.4 Å². The van der Waals surface area contributed by atoms with Gasteiger partial charge in [-0.3, -0.25) is 14.6 Å². The molecule has 0 spiro atoms. The number of aryl methyl sites for hydroxylation is 3. The predicted molar refractivity (Wildman–Crippen MR) is 172 cm³/mol. The maximum absolute atomic E-state index is 11.3. The summed E-state index contributed by atoms with van der Waals surface area (Å²) in [5.74, 6) is 1.42. The van der Waals surface area contributed by atoms with E-state index in [4.69, 9.17) is 25.0 Å². The molecule has 0 aliphatic heterocycles. The summed E-state index contributed by atoms with van der Waals surface area (Å²) in [7, 11) is -4.65. The molecule has 1 amide bonds. The van der Waals surface area contributed by atoms with Crippen LogP contribution in [0.25, 0.3) is 21.9 Å². The number of rotatable bonds is 16. The van der Waals surface area contributed by atoms with Gasteiger partial charge in [-0.1, -0.05) is 53.5 Å². The third-order valence-electron chi connectivity index (χ3n) is 7.06. The van der Waals surface area contributed by atoms with Crippen LogP contribution in [0.5, 0.6) is 5.75 Å². The van der Waals surface area contributed by atoms with Gasteiger partial charge >= 0.3 is 7.82 Å². The van der Waals surface area contributed by atoms with Gasteiger partial charge in [0.05, 0.1) is 16.4 Å². The van der Waals surface area contributed by atoms with Crippen molar-refractivity contribution in [3.63, 3.8) is 0 Å². The third-order valence-corrected chi connectivity index (χ3v) is 8.01. The zero-order chi connectivity index (χ0) is 31.0. The topological polar surface area (TPSA) is 162 Å². The lowest BCUT2D eigenvalue weighted by molar-refractivity contribution is -0.118. The Balaban J connectivity index is 1.54. The Morgan fingerprint density at radius 1 is 1.07 bits per heavy atom. The summed E-state index contributed by atoms with van der Waals surface area (Å²) in [6.07, 6.45) is 5.24. The number of nitrogens with two attached hydrogens (primary N) is 1. The molecule has 2 aromatic heterocycles. The summed E-state index contributed by atoms with van der Waals surface area (Å²) in [4.78, 5) is 39.3. The Hall–Kier alpha value is -3.02. The van der Waals surface area contributed by atoms with Gasteiger partial charge in [0.1, 0.15) is 17.1 Å². The molecule has 0 fully saturated rings. The van der Waals surface area contributed by atoms with E-state index in [9.17, 15) is 19.1 Å². The first-order valence-corrected chi connectivity index (χ1v) is 17.1. The molecule has 0 aliphatic rings. The molecule has 0 saturated heterocycles. The second-order valence-corrected chi connectivity index (χ2v) is 12.2. The van der Waals surface area contributed by atoms with Crippen molar-refractivity contribution in [1.82, 2.24) is 19.9 Å². The fourth-order valence-electron chi connectivity index (χ4n) is 5.01. The number of benzene rings is 2. The summed E-state index contributed by atoms with van der Waals surface area (Å²) in [5.41, 5.74) is 11.6. The number of fused-ring (bicyclic) bond motifs is 3. The monoisotopic (exact) mass is 675 g/mol. The molecular formula is C30H39BrN5O6P. The zero-order valence-corrected chi connectivity index (χ0v) is 27.0. The molecule has 13 heteroatoms. The van der Waals surface area contributed by atoms with E-state index in [0.717, 1.165) is 71.9 Å². The van der Waals surface area contributed by atoms with Crippen molar-refractivity contribution in [2.75, 3.05) is 30.8 Å². The second kappa shape index (κ2) is 15.1. The molecule has 2 aromatic carbocycles. The van der Waals surface area contributed by atoms with E-state index in [1.807, 2.05) is 6.07 Å². The quantitative estimate of drug-likeness (QED) is 0.0711. The van der Waals surface area contributed by atoms with Crippen LogP contribution in [0.4, 0.5) is 5.82 Å². The van der Waals surface area contributed by atoms with Crippen LogP contribution in [-0.4, -0.2) is 55.3 Å². The number of phosphoric ester groups is 1. The van der Waals surface area contributed by atoms with Gasteiger partial charge in [-0.25, -0.2) is 14.5 Å². The average Bonchev–Trinajstić information content (AvgIpc) is 3.32. The van der Waals surface area contributed by atoms with E-state index >= 15 is 0 Å². The van der Waals surface area contributed by atoms with Crippen LogP contribution in [0.2, 0.25) is 0 Å². The molecule has 232 valence electrons. The third kappa shape index (κ3) is 9.00. The normalized spacial score (nSPS) is 11.8. The number of carbonyl (C=O) groups excluding carboxylic acids is 1. The first-order valence-electron chi connectivity index (χ1n) is 14.4. The van der Waals surface area contributed by atoms with Crippen LogP contribution in [0.1, 0.15) is 55.1 Å². The molecule has 0 aliphatic carbocycles. The number of ether oxygens (including phenoxy) is 1. The van der Waals surface area contributed by atoms with Gasteiger partial charge in [-0.05, 0) is 61.4 Å². The Kier molecular flexibility index (Phi) is 11.6. The summed E-state index contributed by atoms with van der Waals surface area (Å²) < 4.78 is 24.1. The number of nitrogens with zero attached hydrogens (tertiary/aromatic N) is 3. The highest BCUT2D eigenvalue weighted by Crippen LogP contribution is 2.39. The minimum absolute atomic E-state index is 0.0250. The summed E-state index contributed by atoms with van der Waals surface area (Å²) in [6.45, 7) is 6.23. The minimum atomic E-state index is -4.65. The average molecular weight is 677 g/mol. The molecule has 0 atom stereocenters. The van der Waals surface area contributed by atoms with Crippen LogP contribution in [0.15, 0.2) is 36.4 Å². The molecule has 5 N–H and O–H groups in total. The standard InChI is InChI=1S/C30H39BrN5O6P/c1-3-4-8-26-35-28-29(36(26)19-22-10-12-25(20(2)16-22)42-43(38,39)40)23-11-9-21(17-24(23)34-30(28)32)7-5-14-41-15-6-13-33-27(37)18-31/h9-12,16-17H,3-8,13-15,18-19H2,1-2H3,(H2,32,34)(H,33,37)(H2,38,39,40). The van der Waals surface area contributed by atoms with Crippen LogP contribution in [-0.2, 0) is 33.5 Å². The smallest absolute Gasteiger partial charge is 0.404 e. The van der Waals surface area contributed by atoms with Crippen molar-refractivity contribution in [1.29, 1.82) is 0 Å². The Morgan fingerprint density at radius 3 is 2.56 bits per heavy atom. The number of anilines is 1. The molecule has 0 saturated carbocycles. The summed E-state index contributed by atoms with van der Waals surface area (Å²) in [6, 6.07) is 11.5. The van der Waals surface area contributed by atoms with E-state index in [0.29, 0.717) is 48.5 Å². The predicted octanol–water partition coefficient (Wildman–Crippen LogP) is 5.19. The summed E-state index contributed by atoms with van der Waals surface area (Å²) in [5, 5.41) is 4.07. The van der Waals surface area contributed by atoms with Crippen molar-refractivity contribution < 1.29 is 28.4 Å². The van der Waals surface area contributed by atoms with E-state index in [-0.39, 0.29) is 11.7 Å². The number of carbonyl (C=O) groups is 1. The first-order chi connectivity index (χ1) is 20.6. The van der Waals surface area contributed by atoms with Gasteiger partial charge in [0.25, 0.3) is 0 Å². The molecule has 43 heavy (non-hydrogen) atoms. The SMILES string of the molecule is CCCCc1nc2c(N)nc3cc(CCCOCCCNC(=O)CBr)ccc3c2n1Cc1ccc(OP(=O)(O)O)c(C)c1. The number of hydrogen-bond donors (Lipinski definition) is 4. The van der Waals surface area contributed by atoms with E-state index < -0.39 is 7.82 Å². The number of nitrogen functional groups attached to an aromatic ring is 1. The Morgan fingerprint density at radius 2 is 1.84 bits per heavy atom. The van der Waals surface area contributed by atoms with Gasteiger partial charge in [0.2, 0.25) is 5.91 Å². The molecule has 4 rings (SSSR count). The van der Waals surface area contributed by atoms with Crippen LogP contribution in [0, 0.1) is 6.92 Å². The van der Waals surface area contributed by atoms with Crippen molar-refractivity contribution in [3.05, 3.63) is 58.9 Å². The molecule has 0 bridgehead atoms. The minimum Gasteiger partial charge on any atom is -0.404 e. The molecule has 0 unspecified atom stereocenters. The highest BCUT2D eigenvalue weighted by molar-refractivity contribution is 9.09. The van der Waals surface area contributed by atoms with E-state index in [2.05, 4.69) is 50.9 Å². The largest absolute Gasteiger partial charge is 0.524 e. The lowest BCUT2D eigenvalue weighted by atomic mass is 10.1. The van der Waals surface area contributed by atoms with Crippen LogP contribution >= 0.6 is 23.8 Å². The molecular weight excluding hydrogens is 637 g/mol. The van der Waals surface area contributed by atoms with Gasteiger partial charge in [0.15, 0.2) is 5.82 Å². The lowest BCUT2D eigenvalue weighted by Gasteiger charge is -2.14. The number of alkyl halides is 1. The van der Waals surface area contributed by atoms with E-state index in [1.165, 1.54) is 0 Å². The maximum atomic E-state index is 11.3. The Bertz CT molecular complexity index is 1620. The molecule has 4 aromatic rings. The van der Waals surface area contributed by atoms with Gasteiger partial charge in [-0.2, -0.15) is 0 Å². The number of aromatic nitrogens is 3. The number of unbranched alkanes of at least 4 members (excludes halogenated alkanes) is 1. The van der Waals surface area contributed by atoms with Gasteiger partial charge in [-0.15, -0.1) is 0 Å². The second-order valence-electron chi connectivity index (χ2n) is 10.5. The number of pyridine rings is 1. The fourth-order valence-corrected chi connectivity index (χ4v) is 5.67. The highest BCUT2D eigenvalue weighted by atomic mass is 79.9. The first kappa shape index (κ1) is 32.9. The summed E-state index contributed by atoms with van der Waals surface area (Å²) >= 11 is 3.13. The number of halogens is 1. The van der Waals surface area contributed by atoms with Crippen molar-refractivity contribution in [2.24, 2.45) is 0 Å². The van der Waals surface area contributed by atoms with Crippen molar-refractivity contribution in [2.45, 2.75) is 58.9 Å². The highest BCUT2D eigenvalue weighted by Gasteiger charge is 2.20. The molecule has 11 nitrogen and oxygen atoms in total. The van der Waals surface area contributed by atoms with Crippen LogP contribution < -0.4 is 15.6 Å². The number of nitrogens with one attached hydrogen (secondary N) is 1. The number of imidazole rings is 1. The molecule has 2 heterocycles. The van der Waals surface area contributed by atoms with E-state index in [1.54, 1.807) is 19.1 Å².